The van der Waals surface area contributed by atoms with Crippen LogP contribution >= 0.6 is 0 Å². The summed E-state index contributed by atoms with van der Waals surface area (Å²) in [5, 5.41) is 9.42. The summed E-state index contributed by atoms with van der Waals surface area (Å²) < 4.78 is 4.99. The van der Waals surface area contributed by atoms with E-state index in [1.807, 2.05) is 0 Å². The highest BCUT2D eigenvalue weighted by Crippen LogP contribution is 2.34. The first-order chi connectivity index (χ1) is 5.27. The minimum absolute atomic E-state index is 0.138. The highest BCUT2D eigenvalue weighted by Gasteiger charge is 2.41. The number of rotatable bonds is 0. The van der Waals surface area contributed by atoms with Gasteiger partial charge < -0.3 is 9.84 Å². The maximum atomic E-state index is 10.8. The van der Waals surface area contributed by atoms with Gasteiger partial charge in [0.1, 0.15) is 6.10 Å². The van der Waals surface area contributed by atoms with Crippen LogP contribution < -0.4 is 0 Å². The Kier molecular flexibility index (Phi) is 1.60. The van der Waals surface area contributed by atoms with Crippen molar-refractivity contribution < 1.29 is 14.6 Å². The van der Waals surface area contributed by atoms with Gasteiger partial charge in [0, 0.05) is 5.92 Å². The molecule has 62 valence electrons. The largest absolute Gasteiger partial charge is 0.459 e. The topological polar surface area (TPSA) is 46.5 Å². The van der Waals surface area contributed by atoms with Crippen LogP contribution in [0, 0.1) is 5.92 Å². The summed E-state index contributed by atoms with van der Waals surface area (Å²) in [6.45, 7) is 0. The number of hydrogen-bond donors (Lipinski definition) is 1. The van der Waals surface area contributed by atoms with Gasteiger partial charge in [-0.05, 0) is 12.8 Å². The monoisotopic (exact) mass is 156 g/mol. The second-order valence-electron chi connectivity index (χ2n) is 3.42. The van der Waals surface area contributed by atoms with Crippen LogP contribution in [0.5, 0.6) is 0 Å². The second kappa shape index (κ2) is 2.48. The van der Waals surface area contributed by atoms with Crippen LogP contribution in [0.4, 0.5) is 0 Å². The highest BCUT2D eigenvalue weighted by atomic mass is 16.6. The third-order valence-corrected chi connectivity index (χ3v) is 2.62. The average Bonchev–Trinajstić information content (AvgIpc) is 2.31. The maximum Gasteiger partial charge on any atom is 0.306 e. The van der Waals surface area contributed by atoms with Crippen molar-refractivity contribution in [2.75, 3.05) is 0 Å². The van der Waals surface area contributed by atoms with E-state index in [2.05, 4.69) is 0 Å². The van der Waals surface area contributed by atoms with Crippen molar-refractivity contribution >= 4 is 5.97 Å². The van der Waals surface area contributed by atoms with Gasteiger partial charge in [0.25, 0.3) is 0 Å². The zero-order valence-corrected chi connectivity index (χ0v) is 6.32. The Bertz CT molecular complexity index is 178. The molecule has 0 aromatic heterocycles. The van der Waals surface area contributed by atoms with Crippen LogP contribution in [0.3, 0.4) is 0 Å². The van der Waals surface area contributed by atoms with Crippen molar-refractivity contribution in [1.29, 1.82) is 0 Å². The van der Waals surface area contributed by atoms with Crippen LogP contribution in [0.1, 0.15) is 25.7 Å². The molecule has 0 spiro atoms. The van der Waals surface area contributed by atoms with E-state index < -0.39 is 6.10 Å². The average molecular weight is 156 g/mol. The minimum Gasteiger partial charge on any atom is -0.459 e. The van der Waals surface area contributed by atoms with Gasteiger partial charge in [-0.3, -0.25) is 4.79 Å². The minimum atomic E-state index is -0.403. The summed E-state index contributed by atoms with van der Waals surface area (Å²) in [4.78, 5) is 10.8. The SMILES string of the molecule is O=C1C[C@H]2CCC[C@@H](O)[C@@H]2O1. The van der Waals surface area contributed by atoms with Crippen molar-refractivity contribution in [1.82, 2.24) is 0 Å². The summed E-state index contributed by atoms with van der Waals surface area (Å²) in [5.41, 5.74) is 0. The number of aliphatic hydroxyl groups excluding tert-OH is 1. The lowest BCUT2D eigenvalue weighted by molar-refractivity contribution is -0.146. The van der Waals surface area contributed by atoms with Crippen LogP contribution in [0.2, 0.25) is 0 Å². The number of esters is 1. The number of ether oxygens (including phenoxy) is 1. The smallest absolute Gasteiger partial charge is 0.306 e. The standard InChI is InChI=1S/C8H12O3/c9-6-3-1-2-5-4-7(10)11-8(5)6/h5-6,8-9H,1-4H2/t5-,6-,8-/m1/s1. The molecule has 3 heteroatoms. The lowest BCUT2D eigenvalue weighted by atomic mass is 9.84. The number of carbonyl (C=O) groups excluding carboxylic acids is 1. The van der Waals surface area contributed by atoms with E-state index in [9.17, 15) is 9.90 Å². The van der Waals surface area contributed by atoms with E-state index in [4.69, 9.17) is 4.74 Å². The molecular formula is C8H12O3. The second-order valence-corrected chi connectivity index (χ2v) is 3.42. The fourth-order valence-electron chi connectivity index (χ4n) is 2.04. The molecule has 0 aromatic rings. The van der Waals surface area contributed by atoms with Crippen molar-refractivity contribution in [2.45, 2.75) is 37.9 Å². The fourth-order valence-corrected chi connectivity index (χ4v) is 2.04. The predicted molar refractivity (Wildman–Crippen MR) is 37.8 cm³/mol. The molecule has 3 nitrogen and oxygen atoms in total. The predicted octanol–water partition coefficient (Wildman–Crippen LogP) is 0.463. The Hall–Kier alpha value is -0.570. The summed E-state index contributed by atoms with van der Waals surface area (Å²) in [7, 11) is 0. The third kappa shape index (κ3) is 1.13. The van der Waals surface area contributed by atoms with Crippen molar-refractivity contribution in [2.24, 2.45) is 5.92 Å². The van der Waals surface area contributed by atoms with Gasteiger partial charge in [0.05, 0.1) is 12.5 Å². The van der Waals surface area contributed by atoms with E-state index in [1.165, 1.54) is 0 Å². The number of carbonyl (C=O) groups is 1. The van der Waals surface area contributed by atoms with E-state index in [0.717, 1.165) is 19.3 Å². The van der Waals surface area contributed by atoms with Crippen LogP contribution in [-0.2, 0) is 9.53 Å². The summed E-state index contributed by atoms with van der Waals surface area (Å²) in [6, 6.07) is 0. The van der Waals surface area contributed by atoms with Crippen molar-refractivity contribution in [3.8, 4) is 0 Å². The van der Waals surface area contributed by atoms with E-state index in [1.54, 1.807) is 0 Å². The van der Waals surface area contributed by atoms with Gasteiger partial charge in [0.2, 0.25) is 0 Å². The van der Waals surface area contributed by atoms with E-state index in [0.29, 0.717) is 12.3 Å². The fraction of sp³-hybridized carbons (Fsp3) is 0.875. The first-order valence-corrected chi connectivity index (χ1v) is 4.15. The first kappa shape index (κ1) is 7.10. The van der Waals surface area contributed by atoms with Crippen LogP contribution in [0.25, 0.3) is 0 Å². The zero-order chi connectivity index (χ0) is 7.84. The Balaban J connectivity index is 2.09. The Morgan fingerprint density at radius 3 is 3.00 bits per heavy atom. The summed E-state index contributed by atoms with van der Waals surface area (Å²) in [6.07, 6.45) is 2.78. The molecule has 2 fully saturated rings. The van der Waals surface area contributed by atoms with Crippen molar-refractivity contribution in [3.05, 3.63) is 0 Å². The molecule has 0 unspecified atom stereocenters. The molecule has 1 aliphatic carbocycles. The lowest BCUT2D eigenvalue weighted by Gasteiger charge is -2.27. The van der Waals surface area contributed by atoms with Gasteiger partial charge in [-0.15, -0.1) is 0 Å². The number of aliphatic hydroxyl groups is 1. The number of fused-ring (bicyclic) bond motifs is 1. The normalized spacial score (nSPS) is 43.4. The maximum absolute atomic E-state index is 10.8. The molecule has 0 amide bonds. The molecule has 1 N–H and O–H groups in total. The molecule has 1 aliphatic heterocycles. The Morgan fingerprint density at radius 2 is 2.27 bits per heavy atom. The van der Waals surface area contributed by atoms with Gasteiger partial charge in [0.15, 0.2) is 0 Å². The third-order valence-electron chi connectivity index (χ3n) is 2.62. The van der Waals surface area contributed by atoms with Gasteiger partial charge in [-0.1, -0.05) is 6.42 Å². The van der Waals surface area contributed by atoms with E-state index in [-0.39, 0.29) is 12.1 Å². The Morgan fingerprint density at radius 1 is 1.45 bits per heavy atom. The summed E-state index contributed by atoms with van der Waals surface area (Å²) in [5.74, 6) is 0.159. The summed E-state index contributed by atoms with van der Waals surface area (Å²) >= 11 is 0. The van der Waals surface area contributed by atoms with E-state index >= 15 is 0 Å². The molecule has 0 bridgehead atoms. The highest BCUT2D eigenvalue weighted by molar-refractivity contribution is 5.72. The molecule has 3 atom stereocenters. The molecule has 1 heterocycles. The first-order valence-electron chi connectivity index (χ1n) is 4.15. The molecule has 0 aromatic carbocycles. The Labute approximate surface area is 65.4 Å². The molecule has 1 saturated heterocycles. The van der Waals surface area contributed by atoms with Crippen LogP contribution in [-0.4, -0.2) is 23.3 Å². The molecule has 2 rings (SSSR count). The zero-order valence-electron chi connectivity index (χ0n) is 6.32. The van der Waals surface area contributed by atoms with Gasteiger partial charge in [-0.25, -0.2) is 0 Å². The van der Waals surface area contributed by atoms with Gasteiger partial charge >= 0.3 is 5.97 Å². The molecule has 1 saturated carbocycles. The quantitative estimate of drug-likeness (QED) is 0.518. The molecule has 2 aliphatic rings. The molecule has 0 radical (unpaired) electrons. The van der Waals surface area contributed by atoms with Crippen molar-refractivity contribution in [3.63, 3.8) is 0 Å². The molecule has 11 heavy (non-hydrogen) atoms. The molecular weight excluding hydrogens is 144 g/mol. The lowest BCUT2D eigenvalue weighted by Crippen LogP contribution is -2.34. The van der Waals surface area contributed by atoms with Gasteiger partial charge in [-0.2, -0.15) is 0 Å². The number of hydrogen-bond acceptors (Lipinski definition) is 3. The van der Waals surface area contributed by atoms with Crippen LogP contribution in [0.15, 0.2) is 0 Å².